The highest BCUT2D eigenvalue weighted by Gasteiger charge is 2.14. The average molecular weight is 256 g/mol. The Kier molecular flexibility index (Phi) is 4.78. The molecule has 0 atom stereocenters. The number of halogens is 1. The van der Waals surface area contributed by atoms with Crippen molar-refractivity contribution in [3.63, 3.8) is 0 Å². The highest BCUT2D eigenvalue weighted by molar-refractivity contribution is 6.33. The molecule has 1 aromatic carbocycles. The maximum Gasteiger partial charge on any atom is 0.255 e. The molecule has 1 aromatic rings. The molecule has 0 fully saturated rings. The van der Waals surface area contributed by atoms with E-state index in [9.17, 15) is 4.79 Å². The third kappa shape index (κ3) is 3.64. The smallest absolute Gasteiger partial charge is 0.255 e. The normalized spacial score (nSPS) is 11.3. The van der Waals surface area contributed by atoms with Gasteiger partial charge in [0, 0.05) is 20.0 Å². The van der Waals surface area contributed by atoms with Gasteiger partial charge in [-0.2, -0.15) is 0 Å². The number of amidine groups is 1. The number of amides is 1. The Morgan fingerprint density at radius 1 is 1.53 bits per heavy atom. The Labute approximate surface area is 104 Å². The summed E-state index contributed by atoms with van der Waals surface area (Å²) >= 11 is 5.92. The number of oxime groups is 1. The van der Waals surface area contributed by atoms with E-state index < -0.39 is 0 Å². The summed E-state index contributed by atoms with van der Waals surface area (Å²) in [6.45, 7) is 0.361. The van der Waals surface area contributed by atoms with Crippen LogP contribution in [0.15, 0.2) is 29.4 Å². The molecule has 0 saturated carbocycles. The lowest BCUT2D eigenvalue weighted by molar-refractivity contribution is 0.0798. The van der Waals surface area contributed by atoms with E-state index in [0.717, 1.165) is 0 Å². The molecule has 1 rings (SSSR count). The van der Waals surface area contributed by atoms with Crippen LogP contribution in [0, 0.1) is 0 Å². The third-order valence-corrected chi connectivity index (χ3v) is 2.61. The fourth-order valence-corrected chi connectivity index (χ4v) is 1.49. The van der Waals surface area contributed by atoms with Gasteiger partial charge in [0.2, 0.25) is 0 Å². The Bertz CT molecular complexity index is 434. The van der Waals surface area contributed by atoms with Gasteiger partial charge >= 0.3 is 0 Å². The lowest BCUT2D eigenvalue weighted by Gasteiger charge is -2.17. The summed E-state index contributed by atoms with van der Waals surface area (Å²) in [7, 11) is 1.64. The van der Waals surface area contributed by atoms with Crippen LogP contribution in [0.4, 0.5) is 0 Å². The van der Waals surface area contributed by atoms with Crippen molar-refractivity contribution in [1.82, 2.24) is 4.90 Å². The number of carbonyl (C=O) groups excluding carboxylic acids is 1. The highest BCUT2D eigenvalue weighted by atomic mass is 35.5. The van der Waals surface area contributed by atoms with Crippen LogP contribution < -0.4 is 5.73 Å². The van der Waals surface area contributed by atoms with Gasteiger partial charge in [0.1, 0.15) is 5.84 Å². The second kappa shape index (κ2) is 6.10. The SMILES string of the molecule is CN(CCC(N)=NO)C(=O)c1ccccc1Cl. The van der Waals surface area contributed by atoms with Gasteiger partial charge in [-0.05, 0) is 12.1 Å². The van der Waals surface area contributed by atoms with Crippen molar-refractivity contribution in [1.29, 1.82) is 0 Å². The summed E-state index contributed by atoms with van der Waals surface area (Å²) < 4.78 is 0. The molecule has 0 bridgehead atoms. The number of carbonyl (C=O) groups is 1. The summed E-state index contributed by atoms with van der Waals surface area (Å²) in [4.78, 5) is 13.4. The summed E-state index contributed by atoms with van der Waals surface area (Å²) in [5, 5.41) is 11.6. The first-order valence-electron chi connectivity index (χ1n) is 5.02. The maximum atomic E-state index is 12.0. The highest BCUT2D eigenvalue weighted by Crippen LogP contribution is 2.16. The Morgan fingerprint density at radius 2 is 2.18 bits per heavy atom. The number of nitrogens with zero attached hydrogens (tertiary/aromatic N) is 2. The fraction of sp³-hybridized carbons (Fsp3) is 0.273. The molecule has 3 N–H and O–H groups in total. The number of nitrogens with two attached hydrogens (primary N) is 1. The molecule has 0 aromatic heterocycles. The predicted molar refractivity (Wildman–Crippen MR) is 66.4 cm³/mol. The Morgan fingerprint density at radius 3 is 2.76 bits per heavy atom. The maximum absolute atomic E-state index is 12.0. The number of rotatable bonds is 4. The third-order valence-electron chi connectivity index (χ3n) is 2.28. The minimum absolute atomic E-state index is 0.0869. The molecular formula is C11H14ClN3O2. The van der Waals surface area contributed by atoms with Gasteiger partial charge in [-0.25, -0.2) is 0 Å². The second-order valence-electron chi connectivity index (χ2n) is 3.55. The minimum Gasteiger partial charge on any atom is -0.409 e. The van der Waals surface area contributed by atoms with Crippen molar-refractivity contribution in [2.24, 2.45) is 10.9 Å². The first kappa shape index (κ1) is 13.3. The molecule has 0 spiro atoms. The first-order chi connectivity index (χ1) is 8.06. The van der Waals surface area contributed by atoms with E-state index in [0.29, 0.717) is 23.6 Å². The van der Waals surface area contributed by atoms with E-state index in [-0.39, 0.29) is 11.7 Å². The van der Waals surface area contributed by atoms with Gasteiger partial charge in [-0.15, -0.1) is 0 Å². The molecule has 1 amide bonds. The number of hydrogen-bond donors (Lipinski definition) is 2. The zero-order chi connectivity index (χ0) is 12.8. The second-order valence-corrected chi connectivity index (χ2v) is 3.96. The van der Waals surface area contributed by atoms with Crippen LogP contribution in [0.3, 0.4) is 0 Å². The number of hydrogen-bond acceptors (Lipinski definition) is 3. The molecule has 0 aliphatic rings. The quantitative estimate of drug-likeness (QED) is 0.371. The Hall–Kier alpha value is -1.75. The minimum atomic E-state index is -0.193. The molecule has 6 heteroatoms. The van der Waals surface area contributed by atoms with Gasteiger partial charge in [0.05, 0.1) is 10.6 Å². The lowest BCUT2D eigenvalue weighted by atomic mass is 10.2. The first-order valence-corrected chi connectivity index (χ1v) is 5.40. The van der Waals surface area contributed by atoms with Crippen molar-refractivity contribution in [2.75, 3.05) is 13.6 Å². The Balaban J connectivity index is 2.68. The van der Waals surface area contributed by atoms with Crippen molar-refractivity contribution in [3.8, 4) is 0 Å². The summed E-state index contributed by atoms with van der Waals surface area (Å²) in [5.41, 5.74) is 5.77. The van der Waals surface area contributed by atoms with Crippen molar-refractivity contribution in [2.45, 2.75) is 6.42 Å². The molecule has 92 valence electrons. The van der Waals surface area contributed by atoms with Crippen molar-refractivity contribution in [3.05, 3.63) is 34.9 Å². The van der Waals surface area contributed by atoms with E-state index in [1.807, 2.05) is 0 Å². The van der Waals surface area contributed by atoms with Crippen molar-refractivity contribution < 1.29 is 10.0 Å². The van der Waals surface area contributed by atoms with Gasteiger partial charge in [0.15, 0.2) is 0 Å². The molecule has 0 saturated heterocycles. The van der Waals surface area contributed by atoms with E-state index in [1.165, 1.54) is 4.90 Å². The van der Waals surface area contributed by atoms with Gasteiger partial charge < -0.3 is 15.8 Å². The number of benzene rings is 1. The van der Waals surface area contributed by atoms with E-state index in [2.05, 4.69) is 5.16 Å². The van der Waals surface area contributed by atoms with Crippen molar-refractivity contribution >= 4 is 23.3 Å². The zero-order valence-electron chi connectivity index (χ0n) is 9.43. The molecule has 0 aliphatic carbocycles. The molecule has 17 heavy (non-hydrogen) atoms. The average Bonchev–Trinajstić information content (AvgIpc) is 2.35. The fourth-order valence-electron chi connectivity index (χ4n) is 1.27. The predicted octanol–water partition coefficient (Wildman–Crippen LogP) is 1.55. The van der Waals surface area contributed by atoms with Crippen LogP contribution in [-0.4, -0.2) is 35.4 Å². The van der Waals surface area contributed by atoms with Crippen LogP contribution in [0.2, 0.25) is 5.02 Å². The van der Waals surface area contributed by atoms with E-state index >= 15 is 0 Å². The van der Waals surface area contributed by atoms with Gasteiger partial charge in [-0.1, -0.05) is 28.9 Å². The molecule has 5 nitrogen and oxygen atoms in total. The largest absolute Gasteiger partial charge is 0.409 e. The standard InChI is InChI=1S/C11H14ClN3O2/c1-15(7-6-10(13)14-17)11(16)8-4-2-3-5-9(8)12/h2-5,17H,6-7H2,1H3,(H2,13,14). The zero-order valence-corrected chi connectivity index (χ0v) is 10.2. The van der Waals surface area contributed by atoms with Gasteiger partial charge in [0.25, 0.3) is 5.91 Å². The molecular weight excluding hydrogens is 242 g/mol. The monoisotopic (exact) mass is 255 g/mol. The van der Waals surface area contributed by atoms with Crippen LogP contribution in [0.5, 0.6) is 0 Å². The summed E-state index contributed by atoms with van der Waals surface area (Å²) in [6.07, 6.45) is 0.309. The molecule has 0 aliphatic heterocycles. The summed E-state index contributed by atoms with van der Waals surface area (Å²) in [5.74, 6) is -0.106. The molecule has 0 radical (unpaired) electrons. The van der Waals surface area contributed by atoms with Crippen LogP contribution in [0.1, 0.15) is 16.8 Å². The van der Waals surface area contributed by atoms with Crippen LogP contribution >= 0.6 is 11.6 Å². The molecule has 0 heterocycles. The molecule has 0 unspecified atom stereocenters. The summed E-state index contributed by atoms with van der Waals surface area (Å²) in [6, 6.07) is 6.82. The topological polar surface area (TPSA) is 78.9 Å². The van der Waals surface area contributed by atoms with Gasteiger partial charge in [-0.3, -0.25) is 4.79 Å². The van der Waals surface area contributed by atoms with Crippen LogP contribution in [0.25, 0.3) is 0 Å². The van der Waals surface area contributed by atoms with E-state index in [4.69, 9.17) is 22.5 Å². The van der Waals surface area contributed by atoms with Crippen LogP contribution in [-0.2, 0) is 0 Å². The van der Waals surface area contributed by atoms with E-state index in [1.54, 1.807) is 31.3 Å². The lowest BCUT2D eigenvalue weighted by Crippen LogP contribution is -2.30.